The molecule has 4 aliphatic heterocycles. The topological polar surface area (TPSA) is 185 Å². The van der Waals surface area contributed by atoms with Gasteiger partial charge in [-0.25, -0.2) is 9.67 Å². The lowest BCUT2D eigenvalue weighted by Crippen LogP contribution is -2.48. The first-order valence-corrected chi connectivity index (χ1v) is 48.2. The Hall–Kier alpha value is -8.04. The molecule has 5 atom stereocenters. The summed E-state index contributed by atoms with van der Waals surface area (Å²) in [4.78, 5) is 39.3. The van der Waals surface area contributed by atoms with E-state index >= 15 is 0 Å². The lowest BCUT2D eigenvalue weighted by molar-refractivity contribution is -0.119. The van der Waals surface area contributed by atoms with Gasteiger partial charge in [-0.05, 0) is 229 Å². The number of aromatic nitrogens is 6. The molecule has 0 radical (unpaired) electrons. The number of carbonyl (C=O) groups excluding carboxylic acids is 1. The molecule has 4 aliphatic rings. The number of ether oxygens (including phenoxy) is 1. The van der Waals surface area contributed by atoms with Crippen LogP contribution in [0.25, 0.3) is 16.6 Å². The van der Waals surface area contributed by atoms with Crippen molar-refractivity contribution in [1.29, 1.82) is 0 Å². The second kappa shape index (κ2) is 56.1. The molecule has 4 saturated heterocycles. The molecule has 14 rings (SSSR count). The molecule has 10 aromatic rings. The Morgan fingerprint density at radius 3 is 1.77 bits per heavy atom. The van der Waals surface area contributed by atoms with Gasteiger partial charge in [0, 0.05) is 209 Å². The van der Waals surface area contributed by atoms with E-state index < -0.39 is 0 Å². The lowest BCUT2D eigenvalue weighted by atomic mass is 9.98. The summed E-state index contributed by atoms with van der Waals surface area (Å²) in [7, 11) is 8.92. The van der Waals surface area contributed by atoms with Crippen molar-refractivity contribution in [2.45, 2.75) is 235 Å². The molecule has 704 valence electrons. The van der Waals surface area contributed by atoms with Crippen molar-refractivity contribution in [2.75, 3.05) is 120 Å². The minimum Gasteiger partial charge on any atom is -0.437 e. The summed E-state index contributed by atoms with van der Waals surface area (Å²) in [5, 5.41) is 31.8. The number of likely N-dealkylation sites (N-methyl/N-ethyl adjacent to an activating group) is 4. The summed E-state index contributed by atoms with van der Waals surface area (Å²) in [6.45, 7) is 52.9. The summed E-state index contributed by atoms with van der Waals surface area (Å²) in [5.74, 6) is 1.34. The fourth-order valence-electron chi connectivity index (χ4n) is 15.9. The van der Waals surface area contributed by atoms with E-state index in [1.54, 1.807) is 31.7 Å². The number of likely N-dealkylation sites (tertiary alicyclic amines) is 3. The van der Waals surface area contributed by atoms with Gasteiger partial charge in [-0.3, -0.25) is 39.4 Å². The third-order valence-corrected chi connectivity index (χ3v) is 24.9. The van der Waals surface area contributed by atoms with Gasteiger partial charge in [-0.1, -0.05) is 212 Å². The van der Waals surface area contributed by atoms with Crippen LogP contribution in [0.4, 0.5) is 0 Å². The van der Waals surface area contributed by atoms with Crippen LogP contribution in [0.15, 0.2) is 213 Å². The lowest BCUT2D eigenvalue weighted by Gasteiger charge is -2.40. The number of hydrogen-bond donors (Lipinski definition) is 6. The first-order chi connectivity index (χ1) is 61.8. The smallest absolute Gasteiger partial charge is 0.237 e. The van der Waals surface area contributed by atoms with Crippen molar-refractivity contribution in [3.05, 3.63) is 267 Å². The van der Waals surface area contributed by atoms with Crippen LogP contribution in [0.1, 0.15) is 206 Å². The number of nitrogens with one attached hydrogen (secondary N) is 6. The van der Waals surface area contributed by atoms with Gasteiger partial charge in [0.05, 0.1) is 23.1 Å². The standard InChI is InChI=1S/C17H26ClN3O.C17H29N3.C17H28N2.C16H25ClN2.C14H17N3O.C13H17N3.C11H14ClN3/c1-12(2)19-17(14-5-4-6-15(18)9-14)11-21-8-7-16(10-21)20-13(3)22;1-15(2)19(4)17(16-8-6-5-7-9-16)14-20-12-10-18(3)11-13-20;1-17(2,3)18(4)16(14-19-12-8-9-13-19)15-10-6-5-7-11-15;1-13(2)18(3)12-16(19-10-6-7-11-19)14-8-4-5-9-15(14)17;1-11(2)17-9-12-4-3-5-13(8-12)18-14-10-15-6-7-16-14;1-11(2)14-10-12-6-3-4-7-13(12)16-9-5-8-15-16;1-7(2)13-6-11-9-5-8(12)3-4-10(9)14-15-11/h4-6,9,12,16-17,19H,7-8,10-11H2,1-3H3,(H,20,22);5-9,15,17H,10-14H2,1-4H3;5-7,10-11,16H,8-9,12-14H2,1-4H3;4-5,8-9,13,16H,6-7,10-12H2,1-3H3;3-8,10-11,17H,9H2,1-2H3;3-9,11,14H,10H2,1-2H3;3-5,7,13H,6H2,1-2H3,(H,14,15)/t16?,17-;;;;;;/m0....../s1. The van der Waals surface area contributed by atoms with E-state index in [4.69, 9.17) is 39.5 Å². The molecular formula is C105H156Cl3N19O2. The Kier molecular flexibility index (Phi) is 46.2. The number of piperazine rings is 1. The van der Waals surface area contributed by atoms with Gasteiger partial charge in [0.1, 0.15) is 5.75 Å². The number of rotatable bonds is 32. The molecule has 0 saturated carbocycles. The van der Waals surface area contributed by atoms with Crippen molar-refractivity contribution in [1.82, 2.24) is 95.7 Å². The fraction of sp³-hybridized carbons (Fsp3) is 0.514. The summed E-state index contributed by atoms with van der Waals surface area (Å²) in [6, 6.07) is 67.0. The van der Waals surface area contributed by atoms with Crippen LogP contribution in [0.2, 0.25) is 15.1 Å². The number of amides is 1. The van der Waals surface area contributed by atoms with Crippen LogP contribution >= 0.6 is 34.8 Å². The number of benzene rings is 7. The molecule has 7 heterocycles. The zero-order valence-electron chi connectivity index (χ0n) is 81.4. The number of aromatic amines is 1. The number of hydrogen-bond acceptors (Lipinski definition) is 18. The molecule has 7 aromatic carbocycles. The van der Waals surface area contributed by atoms with Crippen molar-refractivity contribution in [2.24, 2.45) is 0 Å². The highest BCUT2D eigenvalue weighted by atomic mass is 35.5. The van der Waals surface area contributed by atoms with E-state index in [0.717, 1.165) is 108 Å². The monoisotopic (exact) mass is 1820 g/mol. The zero-order valence-corrected chi connectivity index (χ0v) is 83.6. The van der Waals surface area contributed by atoms with Gasteiger partial charge in [0.15, 0.2) is 0 Å². The zero-order chi connectivity index (χ0) is 93.4. The van der Waals surface area contributed by atoms with Crippen molar-refractivity contribution < 1.29 is 9.53 Å². The number of carbonyl (C=O) groups is 1. The Morgan fingerprint density at radius 1 is 0.566 bits per heavy atom. The van der Waals surface area contributed by atoms with Gasteiger partial charge >= 0.3 is 0 Å². The molecule has 21 nitrogen and oxygen atoms in total. The van der Waals surface area contributed by atoms with E-state index in [-0.39, 0.29) is 23.5 Å². The highest BCUT2D eigenvalue weighted by Crippen LogP contribution is 2.34. The maximum absolute atomic E-state index is 11.2. The number of nitrogens with zero attached hydrogens (tertiary/aromatic N) is 13. The minimum atomic E-state index is 0.0542. The first-order valence-electron chi connectivity index (χ1n) is 47.1. The molecule has 0 aliphatic carbocycles. The Bertz CT molecular complexity index is 4710. The maximum Gasteiger partial charge on any atom is 0.237 e. The molecule has 0 bridgehead atoms. The van der Waals surface area contributed by atoms with Gasteiger partial charge < -0.3 is 46.0 Å². The molecular weight excluding hydrogens is 1670 g/mol. The summed E-state index contributed by atoms with van der Waals surface area (Å²) in [5.41, 5.74) is 11.2. The third kappa shape index (κ3) is 38.2. The van der Waals surface area contributed by atoms with E-state index in [1.165, 1.54) is 111 Å². The van der Waals surface area contributed by atoms with E-state index in [0.29, 0.717) is 60.3 Å². The fourth-order valence-corrected chi connectivity index (χ4v) is 16.5. The van der Waals surface area contributed by atoms with Gasteiger partial charge in [0.25, 0.3) is 0 Å². The third-order valence-electron chi connectivity index (χ3n) is 24.1. The molecule has 1 amide bonds. The van der Waals surface area contributed by atoms with E-state index in [1.807, 2.05) is 89.7 Å². The largest absolute Gasteiger partial charge is 0.437 e. The van der Waals surface area contributed by atoms with Crippen LogP contribution < -0.4 is 31.3 Å². The molecule has 129 heavy (non-hydrogen) atoms. The second-order valence-corrected chi connectivity index (χ2v) is 38.8. The number of H-pyrrole nitrogens is 1. The maximum atomic E-state index is 11.2. The van der Waals surface area contributed by atoms with Crippen LogP contribution in [0.5, 0.6) is 11.6 Å². The highest BCUT2D eigenvalue weighted by Gasteiger charge is 2.32. The number of para-hydroxylation sites is 1. The van der Waals surface area contributed by atoms with Crippen LogP contribution in [0.3, 0.4) is 0 Å². The molecule has 4 fully saturated rings. The minimum absolute atomic E-state index is 0.0542. The SMILES string of the molecule is CC(=O)NC1CCN(C[C@H](NC(C)C)c2cccc(Cl)c2)C1.CC(C)N(C)C(CN1CCN(C)CC1)c1ccccc1.CC(C)N(C)CC(c1ccccc1Cl)N1CCCC1.CC(C)NCc1[nH]nc2ccc(Cl)cc12.CC(C)NCc1cccc(Oc2cnccn2)c1.CC(C)NCc1ccccc1-n1cccn1.CN(C(CN1CCCC1)c1ccccc1)C(C)(C)C. The highest BCUT2D eigenvalue weighted by molar-refractivity contribution is 6.31. The van der Waals surface area contributed by atoms with Crippen LogP contribution in [0, 0.1) is 0 Å². The summed E-state index contributed by atoms with van der Waals surface area (Å²) in [6.07, 6.45) is 15.0. The van der Waals surface area contributed by atoms with Crippen molar-refractivity contribution in [3.8, 4) is 17.3 Å². The predicted molar refractivity (Wildman–Crippen MR) is 541 cm³/mol. The first kappa shape index (κ1) is 106. The van der Waals surface area contributed by atoms with E-state index in [9.17, 15) is 4.79 Å². The van der Waals surface area contributed by atoms with E-state index in [2.05, 4.69) is 326 Å². The number of halogens is 3. The Morgan fingerprint density at radius 2 is 1.16 bits per heavy atom. The normalized spacial score (nSPS) is 16.2. The predicted octanol–water partition coefficient (Wildman–Crippen LogP) is 20.1. The molecule has 6 N–H and O–H groups in total. The Labute approximate surface area is 790 Å². The molecule has 0 spiro atoms. The van der Waals surface area contributed by atoms with Gasteiger partial charge in [0.2, 0.25) is 11.8 Å². The molecule has 24 heteroatoms. The van der Waals surface area contributed by atoms with Gasteiger partial charge in [-0.2, -0.15) is 10.2 Å². The quantitative estimate of drug-likeness (QED) is 0.0234. The Balaban J connectivity index is 0.000000186. The second-order valence-electron chi connectivity index (χ2n) is 37.5. The average molecular weight is 1820 g/mol. The molecule has 3 aromatic heterocycles. The summed E-state index contributed by atoms with van der Waals surface area (Å²) >= 11 is 18.5. The van der Waals surface area contributed by atoms with Crippen molar-refractivity contribution >= 4 is 51.6 Å². The van der Waals surface area contributed by atoms with Crippen molar-refractivity contribution in [3.63, 3.8) is 0 Å². The number of fused-ring (bicyclic) bond motifs is 1. The molecule has 4 unspecified atom stereocenters. The summed E-state index contributed by atoms with van der Waals surface area (Å²) < 4.78 is 7.52. The average Bonchev–Trinajstić information content (AvgIpc) is 1.81. The van der Waals surface area contributed by atoms with Crippen LogP contribution in [-0.4, -0.2) is 243 Å². The van der Waals surface area contributed by atoms with Gasteiger partial charge in [-0.15, -0.1) is 0 Å². The van der Waals surface area contributed by atoms with Crippen LogP contribution in [-0.2, 0) is 24.4 Å².